The summed E-state index contributed by atoms with van der Waals surface area (Å²) in [4.78, 5) is 0. The lowest BCUT2D eigenvalue weighted by Gasteiger charge is -2.36. The molecule has 1 unspecified atom stereocenters. The summed E-state index contributed by atoms with van der Waals surface area (Å²) >= 11 is 0. The molecule has 1 fully saturated rings. The first-order valence-corrected chi connectivity index (χ1v) is 8.04. The van der Waals surface area contributed by atoms with Crippen LogP contribution in [0.4, 0.5) is 0 Å². The van der Waals surface area contributed by atoms with Crippen molar-refractivity contribution in [3.8, 4) is 0 Å². The number of nitrogens with two attached hydrogens (primary N) is 1. The minimum absolute atomic E-state index is 0.128. The molecule has 0 bridgehead atoms. The Morgan fingerprint density at radius 1 is 1.19 bits per heavy atom. The molecule has 0 aliphatic heterocycles. The van der Waals surface area contributed by atoms with Gasteiger partial charge in [0.05, 0.1) is 6.10 Å². The smallest absolute Gasteiger partial charge is 0.0580 e. The molecule has 1 atom stereocenters. The SMILES string of the molecule is CCOC1CC(CC(N)c2c(C)ccc3ccccc23)C1. The topological polar surface area (TPSA) is 35.2 Å². The van der Waals surface area contributed by atoms with E-state index in [1.165, 1.54) is 34.7 Å². The number of aryl methyl sites for hydroxylation is 1. The fourth-order valence-corrected chi connectivity index (χ4v) is 3.61. The van der Waals surface area contributed by atoms with E-state index in [2.05, 4.69) is 50.2 Å². The quantitative estimate of drug-likeness (QED) is 0.885. The Morgan fingerprint density at radius 2 is 1.95 bits per heavy atom. The third-order valence-electron chi connectivity index (χ3n) is 4.74. The van der Waals surface area contributed by atoms with E-state index >= 15 is 0 Å². The average Bonchev–Trinajstić information content (AvgIpc) is 2.44. The fourth-order valence-electron chi connectivity index (χ4n) is 3.61. The third kappa shape index (κ3) is 2.97. The highest BCUT2D eigenvalue weighted by Crippen LogP contribution is 2.38. The zero-order chi connectivity index (χ0) is 14.8. The van der Waals surface area contributed by atoms with Crippen molar-refractivity contribution in [2.24, 2.45) is 11.7 Å². The van der Waals surface area contributed by atoms with Gasteiger partial charge in [-0.15, -0.1) is 0 Å². The van der Waals surface area contributed by atoms with E-state index in [4.69, 9.17) is 10.5 Å². The van der Waals surface area contributed by atoms with Crippen molar-refractivity contribution in [3.63, 3.8) is 0 Å². The number of rotatable bonds is 5. The lowest BCUT2D eigenvalue weighted by atomic mass is 9.76. The molecule has 0 heterocycles. The molecule has 0 amide bonds. The molecule has 112 valence electrons. The van der Waals surface area contributed by atoms with E-state index in [1.807, 2.05) is 0 Å². The zero-order valence-corrected chi connectivity index (χ0v) is 13.0. The molecule has 0 spiro atoms. The van der Waals surface area contributed by atoms with Crippen molar-refractivity contribution in [1.29, 1.82) is 0 Å². The van der Waals surface area contributed by atoms with Crippen molar-refractivity contribution in [1.82, 2.24) is 0 Å². The lowest BCUT2D eigenvalue weighted by Crippen LogP contribution is -2.33. The van der Waals surface area contributed by atoms with Crippen molar-refractivity contribution in [2.75, 3.05) is 6.61 Å². The molecular formula is C19H25NO. The Morgan fingerprint density at radius 3 is 2.71 bits per heavy atom. The Balaban J connectivity index is 1.76. The Labute approximate surface area is 127 Å². The maximum absolute atomic E-state index is 6.55. The van der Waals surface area contributed by atoms with E-state index in [0.717, 1.165) is 18.9 Å². The first kappa shape index (κ1) is 14.6. The van der Waals surface area contributed by atoms with E-state index in [9.17, 15) is 0 Å². The molecule has 3 rings (SSSR count). The first-order valence-electron chi connectivity index (χ1n) is 8.04. The van der Waals surface area contributed by atoms with Gasteiger partial charge in [0.15, 0.2) is 0 Å². The summed E-state index contributed by atoms with van der Waals surface area (Å²) in [5.41, 5.74) is 9.18. The van der Waals surface area contributed by atoms with Crippen LogP contribution >= 0.6 is 0 Å². The van der Waals surface area contributed by atoms with Crippen molar-refractivity contribution in [3.05, 3.63) is 47.5 Å². The van der Waals surface area contributed by atoms with E-state index in [-0.39, 0.29) is 6.04 Å². The highest BCUT2D eigenvalue weighted by Gasteiger charge is 2.31. The molecule has 1 aliphatic carbocycles. The normalized spacial score (nSPS) is 23.0. The van der Waals surface area contributed by atoms with Gasteiger partial charge >= 0.3 is 0 Å². The maximum Gasteiger partial charge on any atom is 0.0580 e. The van der Waals surface area contributed by atoms with Crippen LogP contribution in [0.15, 0.2) is 36.4 Å². The van der Waals surface area contributed by atoms with Gasteiger partial charge in [0.1, 0.15) is 0 Å². The number of hydrogen-bond donors (Lipinski definition) is 1. The summed E-state index contributed by atoms with van der Waals surface area (Å²) < 4.78 is 5.65. The summed E-state index contributed by atoms with van der Waals surface area (Å²) in [6.45, 7) is 5.07. The summed E-state index contributed by atoms with van der Waals surface area (Å²) in [6, 6.07) is 13.1. The minimum Gasteiger partial charge on any atom is -0.378 e. The third-order valence-corrected chi connectivity index (χ3v) is 4.74. The average molecular weight is 283 g/mol. The van der Waals surface area contributed by atoms with Crippen LogP contribution in [0.3, 0.4) is 0 Å². The van der Waals surface area contributed by atoms with Crippen molar-refractivity contribution in [2.45, 2.75) is 45.3 Å². The van der Waals surface area contributed by atoms with Crippen molar-refractivity contribution < 1.29 is 4.74 Å². The monoisotopic (exact) mass is 283 g/mol. The molecule has 2 nitrogen and oxygen atoms in total. The van der Waals surface area contributed by atoms with Gasteiger partial charge in [0.25, 0.3) is 0 Å². The number of benzene rings is 2. The van der Waals surface area contributed by atoms with Crippen LogP contribution in [0, 0.1) is 12.8 Å². The van der Waals surface area contributed by atoms with Gasteiger partial charge in [-0.3, -0.25) is 0 Å². The van der Waals surface area contributed by atoms with Gasteiger partial charge in [-0.2, -0.15) is 0 Å². The second kappa shape index (κ2) is 6.17. The standard InChI is InChI=1S/C19H25NO/c1-3-21-16-10-14(11-16)12-18(20)19-13(2)8-9-15-6-4-5-7-17(15)19/h4-9,14,16,18H,3,10-12,20H2,1-2H3. The Bertz CT molecular complexity index is 616. The second-order valence-corrected chi connectivity index (χ2v) is 6.27. The van der Waals surface area contributed by atoms with E-state index in [0.29, 0.717) is 6.10 Å². The minimum atomic E-state index is 0.128. The number of fused-ring (bicyclic) bond motifs is 1. The summed E-state index contributed by atoms with van der Waals surface area (Å²) in [6.07, 6.45) is 3.88. The van der Waals surface area contributed by atoms with Gasteiger partial charge < -0.3 is 10.5 Å². The molecule has 2 N–H and O–H groups in total. The molecule has 0 saturated heterocycles. The van der Waals surface area contributed by atoms with Crippen LogP contribution in [0.1, 0.15) is 43.4 Å². The predicted molar refractivity (Wildman–Crippen MR) is 88.4 cm³/mol. The van der Waals surface area contributed by atoms with Gasteiger partial charge in [-0.25, -0.2) is 0 Å². The molecule has 2 aromatic carbocycles. The Hall–Kier alpha value is -1.38. The second-order valence-electron chi connectivity index (χ2n) is 6.27. The molecular weight excluding hydrogens is 258 g/mol. The van der Waals surface area contributed by atoms with Gasteiger partial charge in [0, 0.05) is 12.6 Å². The number of hydrogen-bond acceptors (Lipinski definition) is 2. The molecule has 1 aliphatic rings. The Kier molecular flexibility index (Phi) is 4.27. The van der Waals surface area contributed by atoms with Gasteiger partial charge in [0.2, 0.25) is 0 Å². The van der Waals surface area contributed by atoms with Crippen molar-refractivity contribution >= 4 is 10.8 Å². The zero-order valence-electron chi connectivity index (χ0n) is 13.0. The fraction of sp³-hybridized carbons (Fsp3) is 0.474. The highest BCUT2D eigenvalue weighted by molar-refractivity contribution is 5.87. The summed E-state index contributed by atoms with van der Waals surface area (Å²) in [5.74, 6) is 0.718. The maximum atomic E-state index is 6.55. The lowest BCUT2D eigenvalue weighted by molar-refractivity contribution is -0.0281. The molecule has 0 radical (unpaired) electrons. The van der Waals surface area contributed by atoms with Crippen LogP contribution in [0.25, 0.3) is 10.8 Å². The predicted octanol–water partition coefficient (Wildman–Crippen LogP) is 4.35. The first-order chi connectivity index (χ1) is 10.2. The van der Waals surface area contributed by atoms with Gasteiger partial charge in [-0.1, -0.05) is 36.4 Å². The van der Waals surface area contributed by atoms with Crippen LogP contribution in [-0.2, 0) is 4.74 Å². The highest BCUT2D eigenvalue weighted by atomic mass is 16.5. The number of ether oxygens (including phenoxy) is 1. The largest absolute Gasteiger partial charge is 0.378 e. The summed E-state index contributed by atoms with van der Waals surface area (Å²) in [7, 11) is 0. The van der Waals surface area contributed by atoms with Crippen LogP contribution in [0.2, 0.25) is 0 Å². The van der Waals surface area contributed by atoms with Crippen LogP contribution < -0.4 is 5.73 Å². The summed E-state index contributed by atoms with van der Waals surface area (Å²) in [5, 5.41) is 2.60. The van der Waals surface area contributed by atoms with E-state index < -0.39 is 0 Å². The molecule has 2 heteroatoms. The molecule has 0 aromatic heterocycles. The molecule has 21 heavy (non-hydrogen) atoms. The molecule has 2 aromatic rings. The van der Waals surface area contributed by atoms with Crippen LogP contribution in [0.5, 0.6) is 0 Å². The molecule has 1 saturated carbocycles. The van der Waals surface area contributed by atoms with Crippen LogP contribution in [-0.4, -0.2) is 12.7 Å². The van der Waals surface area contributed by atoms with E-state index in [1.54, 1.807) is 0 Å². The van der Waals surface area contributed by atoms with Gasteiger partial charge in [-0.05, 0) is 60.9 Å².